The van der Waals surface area contributed by atoms with Crippen LogP contribution in [0.5, 0.6) is 0 Å². The van der Waals surface area contributed by atoms with Crippen molar-refractivity contribution in [1.29, 1.82) is 0 Å². The van der Waals surface area contributed by atoms with Gasteiger partial charge in [0.05, 0.1) is 11.1 Å². The highest BCUT2D eigenvalue weighted by Crippen LogP contribution is 2.47. The van der Waals surface area contributed by atoms with Crippen LogP contribution in [-0.2, 0) is 9.53 Å². The smallest absolute Gasteiger partial charge is 0.247 e. The highest BCUT2D eigenvalue weighted by molar-refractivity contribution is 7.98. The number of carbonyl (C=O) groups excluding carboxylic acids is 1. The number of hydrogen-bond donors (Lipinski definition) is 1. The molecule has 1 N–H and O–H groups in total. The molecule has 2 aliphatic rings. The number of halogens is 2. The summed E-state index contributed by atoms with van der Waals surface area (Å²) in [5, 5.41) is 3.74. The van der Waals surface area contributed by atoms with Crippen LogP contribution in [0, 0.1) is 11.6 Å². The zero-order valence-corrected chi connectivity index (χ0v) is 17.1. The van der Waals surface area contributed by atoms with Gasteiger partial charge in [-0.1, -0.05) is 0 Å². The predicted octanol–water partition coefficient (Wildman–Crippen LogP) is 4.19. The van der Waals surface area contributed by atoms with Crippen LogP contribution in [0.2, 0.25) is 0 Å². The van der Waals surface area contributed by atoms with Gasteiger partial charge in [-0.2, -0.15) is 0 Å². The summed E-state index contributed by atoms with van der Waals surface area (Å²) >= 11 is 1.49. The number of nitrogens with zero attached hydrogens (tertiary/aromatic N) is 2. The fourth-order valence-corrected chi connectivity index (χ4v) is 4.29. The van der Waals surface area contributed by atoms with Gasteiger partial charge in [-0.05, 0) is 49.3 Å². The van der Waals surface area contributed by atoms with Crippen molar-refractivity contribution < 1.29 is 18.3 Å². The molecule has 2 atom stereocenters. The van der Waals surface area contributed by atoms with Crippen LogP contribution in [0.15, 0.2) is 35.5 Å². The maximum atomic E-state index is 14.6. The minimum absolute atomic E-state index is 0.00958. The molecule has 1 amide bonds. The molecule has 1 aliphatic heterocycles. The summed E-state index contributed by atoms with van der Waals surface area (Å²) in [7, 11) is 1.60. The summed E-state index contributed by atoms with van der Waals surface area (Å²) in [4.78, 5) is 19.2. The second kappa shape index (κ2) is 8.28. The highest BCUT2D eigenvalue weighted by atomic mass is 32.2. The number of amides is 1. The van der Waals surface area contributed by atoms with Gasteiger partial charge in [-0.3, -0.25) is 4.79 Å². The first-order valence-corrected chi connectivity index (χ1v) is 10.8. The van der Waals surface area contributed by atoms with Gasteiger partial charge in [-0.15, -0.1) is 11.8 Å². The molecule has 1 saturated heterocycles. The van der Waals surface area contributed by atoms with E-state index in [1.54, 1.807) is 25.4 Å². The van der Waals surface area contributed by atoms with E-state index >= 15 is 0 Å². The van der Waals surface area contributed by atoms with E-state index in [0.717, 1.165) is 23.9 Å². The Morgan fingerprint density at radius 3 is 2.79 bits per heavy atom. The fourth-order valence-electron chi connectivity index (χ4n) is 3.87. The molecule has 154 valence electrons. The average Bonchev–Trinajstić information content (AvgIpc) is 3.47. The van der Waals surface area contributed by atoms with Crippen molar-refractivity contribution >= 4 is 29.0 Å². The predicted molar refractivity (Wildman–Crippen MR) is 110 cm³/mol. The van der Waals surface area contributed by atoms with Crippen molar-refractivity contribution in [2.75, 3.05) is 30.1 Å². The van der Waals surface area contributed by atoms with Gasteiger partial charge in [0.2, 0.25) is 5.91 Å². The number of nitrogens with one attached hydrogen (secondary N) is 1. The van der Waals surface area contributed by atoms with Crippen molar-refractivity contribution in [2.24, 2.45) is 0 Å². The van der Waals surface area contributed by atoms with Crippen LogP contribution in [0.3, 0.4) is 0 Å². The third-order valence-corrected chi connectivity index (χ3v) is 6.16. The molecule has 5 nitrogen and oxygen atoms in total. The number of ether oxygens (including phenoxy) is 1. The number of anilines is 2. The number of carbonyl (C=O) groups is 1. The second-order valence-electron chi connectivity index (χ2n) is 7.41. The molecular formula is C21H23F2N3O2S. The van der Waals surface area contributed by atoms with E-state index in [0.29, 0.717) is 29.9 Å². The number of rotatable bonds is 6. The lowest BCUT2D eigenvalue weighted by Gasteiger charge is -2.28. The lowest BCUT2D eigenvalue weighted by molar-refractivity contribution is -0.117. The van der Waals surface area contributed by atoms with E-state index in [1.165, 1.54) is 11.8 Å². The number of aromatic nitrogens is 1. The van der Waals surface area contributed by atoms with E-state index in [9.17, 15) is 13.6 Å². The normalized spacial score (nSPS) is 21.4. The van der Waals surface area contributed by atoms with E-state index in [4.69, 9.17) is 4.74 Å². The fraction of sp³-hybridized carbons (Fsp3) is 0.429. The van der Waals surface area contributed by atoms with E-state index in [-0.39, 0.29) is 17.9 Å². The van der Waals surface area contributed by atoms with Gasteiger partial charge in [0.1, 0.15) is 6.04 Å². The van der Waals surface area contributed by atoms with Crippen LogP contribution >= 0.6 is 11.8 Å². The monoisotopic (exact) mass is 419 g/mol. The zero-order chi connectivity index (χ0) is 20.5. The van der Waals surface area contributed by atoms with E-state index in [2.05, 4.69) is 10.3 Å². The Hall–Kier alpha value is -2.19. The lowest BCUT2D eigenvalue weighted by atomic mass is 10.0. The van der Waals surface area contributed by atoms with Crippen LogP contribution in [-0.4, -0.2) is 42.9 Å². The maximum Gasteiger partial charge on any atom is 0.247 e. The van der Waals surface area contributed by atoms with Crippen molar-refractivity contribution in [1.82, 2.24) is 4.98 Å². The van der Waals surface area contributed by atoms with Crippen LogP contribution in [0.1, 0.15) is 30.7 Å². The summed E-state index contributed by atoms with van der Waals surface area (Å²) in [5.41, 5.74) is 1.63. The minimum Gasteiger partial charge on any atom is -0.380 e. The van der Waals surface area contributed by atoms with Crippen LogP contribution in [0.25, 0.3) is 0 Å². The minimum atomic E-state index is -0.847. The molecule has 0 bridgehead atoms. The SMILES string of the molecule is COC1CC(C(=O)Nc2ccnc(SC)c2)N(c2ccc(F)c(F)c2C2CC2)C1. The first-order chi connectivity index (χ1) is 14.0. The van der Waals surface area contributed by atoms with Crippen molar-refractivity contribution in [3.63, 3.8) is 0 Å². The topological polar surface area (TPSA) is 54.5 Å². The number of hydrogen-bond acceptors (Lipinski definition) is 5. The Balaban J connectivity index is 1.64. The molecule has 1 aromatic carbocycles. The first kappa shape index (κ1) is 20.1. The van der Waals surface area contributed by atoms with Crippen molar-refractivity contribution in [3.05, 3.63) is 47.7 Å². The van der Waals surface area contributed by atoms with Gasteiger partial charge in [-0.25, -0.2) is 13.8 Å². The Kier molecular flexibility index (Phi) is 5.74. The van der Waals surface area contributed by atoms with Gasteiger partial charge in [0.15, 0.2) is 11.6 Å². The molecule has 2 fully saturated rings. The highest BCUT2D eigenvalue weighted by Gasteiger charge is 2.41. The number of thioether (sulfide) groups is 1. The molecule has 2 heterocycles. The Morgan fingerprint density at radius 1 is 1.31 bits per heavy atom. The Bertz CT molecular complexity index is 923. The van der Waals surface area contributed by atoms with Gasteiger partial charge >= 0.3 is 0 Å². The average molecular weight is 419 g/mol. The third-order valence-electron chi connectivity index (χ3n) is 5.51. The van der Waals surface area contributed by atoms with Gasteiger partial charge in [0, 0.05) is 43.2 Å². The zero-order valence-electron chi connectivity index (χ0n) is 16.3. The molecule has 4 rings (SSSR count). The molecule has 29 heavy (non-hydrogen) atoms. The third kappa shape index (κ3) is 4.09. The Labute approximate surface area is 172 Å². The molecular weight excluding hydrogens is 396 g/mol. The largest absolute Gasteiger partial charge is 0.380 e. The second-order valence-corrected chi connectivity index (χ2v) is 8.23. The molecule has 2 aromatic rings. The standard InChI is InChI=1S/C21H23F2N3O2S/c1-28-14-10-17(21(27)25-13-7-8-24-18(9-13)29-2)26(11-14)16-6-5-15(22)20(23)19(16)12-3-4-12/h5-9,12,14,17H,3-4,10-11H2,1-2H3,(H,24,25,27). The van der Waals surface area contributed by atoms with Crippen LogP contribution in [0.4, 0.5) is 20.2 Å². The summed E-state index contributed by atoms with van der Waals surface area (Å²) in [6, 6.07) is 5.73. The molecule has 1 aromatic heterocycles. The van der Waals surface area contributed by atoms with Crippen LogP contribution < -0.4 is 10.2 Å². The number of pyridine rings is 1. The summed E-state index contributed by atoms with van der Waals surface area (Å²) < 4.78 is 34.0. The van der Waals surface area contributed by atoms with Crippen molar-refractivity contribution in [2.45, 2.75) is 42.4 Å². The molecule has 0 spiro atoms. The molecule has 1 saturated carbocycles. The molecule has 1 aliphatic carbocycles. The van der Waals surface area contributed by atoms with Gasteiger partial charge in [0.25, 0.3) is 0 Å². The maximum absolute atomic E-state index is 14.6. The number of benzene rings is 1. The molecule has 8 heteroatoms. The Morgan fingerprint density at radius 2 is 2.10 bits per heavy atom. The lowest BCUT2D eigenvalue weighted by Crippen LogP contribution is -2.40. The van der Waals surface area contributed by atoms with Gasteiger partial charge < -0.3 is 15.0 Å². The molecule has 2 unspecified atom stereocenters. The summed E-state index contributed by atoms with van der Waals surface area (Å²) in [6.07, 6.45) is 5.54. The number of methoxy groups -OCH3 is 1. The summed E-state index contributed by atoms with van der Waals surface area (Å²) in [5.74, 6) is -1.84. The first-order valence-electron chi connectivity index (χ1n) is 9.60. The van der Waals surface area contributed by atoms with Crippen molar-refractivity contribution in [3.8, 4) is 0 Å². The summed E-state index contributed by atoms with van der Waals surface area (Å²) in [6.45, 7) is 0.450. The van der Waals surface area contributed by atoms with E-state index in [1.807, 2.05) is 17.2 Å². The van der Waals surface area contributed by atoms with E-state index < -0.39 is 17.7 Å². The molecule has 0 radical (unpaired) electrons. The quantitative estimate of drug-likeness (QED) is 0.712.